The minimum absolute atomic E-state index is 0. The van der Waals surface area contributed by atoms with Gasteiger partial charge in [0.15, 0.2) is 0 Å². The van der Waals surface area contributed by atoms with E-state index in [9.17, 15) is 8.42 Å². The quantitative estimate of drug-likeness (QED) is 0.889. The Balaban J connectivity index is 0.00000192. The summed E-state index contributed by atoms with van der Waals surface area (Å²) in [6, 6.07) is 8.15. The van der Waals surface area contributed by atoms with Crippen LogP contribution in [0.4, 0.5) is 0 Å². The molecule has 3 rings (SSSR count). The van der Waals surface area contributed by atoms with Crippen molar-refractivity contribution in [3.8, 4) is 0 Å². The van der Waals surface area contributed by atoms with Crippen LogP contribution in [0.2, 0.25) is 0 Å². The van der Waals surface area contributed by atoms with Crippen molar-refractivity contribution in [2.24, 2.45) is 5.92 Å². The van der Waals surface area contributed by atoms with Crippen LogP contribution in [0.1, 0.15) is 24.0 Å². The summed E-state index contributed by atoms with van der Waals surface area (Å²) in [5.74, 6) is 0.422. The van der Waals surface area contributed by atoms with E-state index in [0.717, 1.165) is 31.4 Å². The van der Waals surface area contributed by atoms with Gasteiger partial charge in [0.1, 0.15) is 0 Å². The van der Waals surface area contributed by atoms with Gasteiger partial charge in [0, 0.05) is 26.2 Å². The van der Waals surface area contributed by atoms with Gasteiger partial charge in [-0.1, -0.05) is 24.3 Å². The Kier molecular flexibility index (Phi) is 6.45. The molecule has 0 bridgehead atoms. The number of fused-ring (bicyclic) bond motifs is 1. The average Bonchev–Trinajstić information content (AvgIpc) is 2.55. The van der Waals surface area contributed by atoms with Crippen LogP contribution in [-0.2, 0) is 23.2 Å². The average molecular weight is 360 g/mol. The number of halogens is 1. The second kappa shape index (κ2) is 7.94. The van der Waals surface area contributed by atoms with E-state index in [-0.39, 0.29) is 12.4 Å². The van der Waals surface area contributed by atoms with E-state index in [1.54, 1.807) is 8.61 Å². The topological polar surface area (TPSA) is 52.7 Å². The van der Waals surface area contributed by atoms with Gasteiger partial charge in [-0.05, 0) is 49.9 Å². The van der Waals surface area contributed by atoms with E-state index >= 15 is 0 Å². The van der Waals surface area contributed by atoms with Gasteiger partial charge in [0.05, 0.1) is 0 Å². The zero-order valence-electron chi connectivity index (χ0n) is 13.6. The molecule has 1 atom stereocenters. The third-order valence-electron chi connectivity index (χ3n) is 4.72. The fourth-order valence-corrected chi connectivity index (χ4v) is 5.23. The van der Waals surface area contributed by atoms with Crippen LogP contribution in [-0.4, -0.2) is 50.3 Å². The molecule has 23 heavy (non-hydrogen) atoms. The van der Waals surface area contributed by atoms with Crippen molar-refractivity contribution in [1.29, 1.82) is 0 Å². The maximum Gasteiger partial charge on any atom is 0.282 e. The first-order valence-corrected chi connectivity index (χ1v) is 9.47. The van der Waals surface area contributed by atoms with E-state index in [1.165, 1.54) is 5.56 Å². The lowest BCUT2D eigenvalue weighted by molar-refractivity contribution is 0.241. The number of nitrogens with one attached hydrogen (secondary N) is 1. The summed E-state index contributed by atoms with van der Waals surface area (Å²) in [5, 5.41) is 3.17. The Bertz CT molecular complexity index is 622. The lowest BCUT2D eigenvalue weighted by Gasteiger charge is -2.37. The second-order valence-corrected chi connectivity index (χ2v) is 8.21. The van der Waals surface area contributed by atoms with Crippen molar-refractivity contribution < 1.29 is 8.42 Å². The monoisotopic (exact) mass is 359 g/mol. The van der Waals surface area contributed by atoms with Crippen molar-refractivity contribution in [1.82, 2.24) is 13.9 Å². The molecule has 2 aliphatic rings. The van der Waals surface area contributed by atoms with E-state index in [4.69, 9.17) is 0 Å². The van der Waals surface area contributed by atoms with E-state index in [2.05, 4.69) is 11.4 Å². The highest BCUT2D eigenvalue weighted by Crippen LogP contribution is 2.25. The first-order chi connectivity index (χ1) is 10.6. The first kappa shape index (κ1) is 18.7. The third kappa shape index (κ3) is 4.06. The Hall–Kier alpha value is -0.660. The zero-order chi connectivity index (χ0) is 15.6. The number of hydrogen-bond acceptors (Lipinski definition) is 3. The molecule has 1 N–H and O–H groups in total. The number of nitrogens with zero attached hydrogens (tertiary/aromatic N) is 2. The number of rotatable bonds is 4. The zero-order valence-corrected chi connectivity index (χ0v) is 15.2. The number of piperidine rings is 1. The highest BCUT2D eigenvalue weighted by molar-refractivity contribution is 7.86. The second-order valence-electron chi connectivity index (χ2n) is 6.28. The van der Waals surface area contributed by atoms with Gasteiger partial charge in [-0.2, -0.15) is 17.0 Å². The molecule has 0 aliphatic carbocycles. The minimum Gasteiger partial charge on any atom is -0.319 e. The van der Waals surface area contributed by atoms with Crippen molar-refractivity contribution in [2.75, 3.05) is 33.2 Å². The highest BCUT2D eigenvalue weighted by Gasteiger charge is 2.34. The van der Waals surface area contributed by atoms with Gasteiger partial charge in [0.2, 0.25) is 0 Å². The molecule has 2 aliphatic heterocycles. The van der Waals surface area contributed by atoms with E-state index < -0.39 is 10.2 Å². The summed E-state index contributed by atoms with van der Waals surface area (Å²) in [7, 11) is -1.41. The first-order valence-electron chi connectivity index (χ1n) is 8.08. The molecule has 5 nitrogen and oxygen atoms in total. The molecule has 0 radical (unpaired) electrons. The molecule has 1 fully saturated rings. The van der Waals surface area contributed by atoms with Gasteiger partial charge in [-0.25, -0.2) is 0 Å². The Morgan fingerprint density at radius 3 is 2.65 bits per heavy atom. The Labute approximate surface area is 145 Å². The maximum atomic E-state index is 12.9. The standard InChI is InChI=1S/C16H25N3O2S.ClH/c1-17-11-14-5-4-9-18(12-14)22(20,21)19-10-8-15-6-2-3-7-16(15)13-19;/h2-3,6-7,14,17H,4-5,8-13H2,1H3;1H. The molecule has 130 valence electrons. The van der Waals surface area contributed by atoms with E-state index in [0.29, 0.717) is 32.1 Å². The predicted octanol–water partition coefficient (Wildman–Crippen LogP) is 1.64. The SMILES string of the molecule is CNCC1CCCN(S(=O)(=O)N2CCc3ccccc3C2)C1.Cl. The summed E-state index contributed by atoms with van der Waals surface area (Å²) < 4.78 is 29.2. The molecule has 1 saturated heterocycles. The van der Waals surface area contributed by atoms with Crippen LogP contribution in [0, 0.1) is 5.92 Å². The summed E-state index contributed by atoms with van der Waals surface area (Å²) >= 11 is 0. The van der Waals surface area contributed by atoms with Crippen LogP contribution in [0.5, 0.6) is 0 Å². The molecular weight excluding hydrogens is 334 g/mol. The van der Waals surface area contributed by atoms with Gasteiger partial charge in [-0.15, -0.1) is 12.4 Å². The molecule has 0 amide bonds. The smallest absolute Gasteiger partial charge is 0.282 e. The minimum atomic E-state index is -3.34. The molecule has 1 unspecified atom stereocenters. The normalized spacial score (nSPS) is 23.1. The van der Waals surface area contributed by atoms with Crippen LogP contribution in [0.25, 0.3) is 0 Å². The van der Waals surface area contributed by atoms with Crippen LogP contribution >= 0.6 is 12.4 Å². The summed E-state index contributed by atoms with van der Waals surface area (Å²) in [4.78, 5) is 0. The number of benzene rings is 1. The van der Waals surface area contributed by atoms with Gasteiger partial charge >= 0.3 is 0 Å². The summed E-state index contributed by atoms with van der Waals surface area (Å²) in [5.41, 5.74) is 2.42. The van der Waals surface area contributed by atoms with Gasteiger partial charge in [-0.3, -0.25) is 0 Å². The molecule has 1 aromatic rings. The molecule has 2 heterocycles. The number of hydrogen-bond donors (Lipinski definition) is 1. The molecular formula is C16H26ClN3O2S. The van der Waals surface area contributed by atoms with Crippen molar-refractivity contribution in [3.05, 3.63) is 35.4 Å². The maximum absolute atomic E-state index is 12.9. The van der Waals surface area contributed by atoms with Gasteiger partial charge < -0.3 is 5.32 Å². The van der Waals surface area contributed by atoms with Gasteiger partial charge in [0.25, 0.3) is 10.2 Å². The highest BCUT2D eigenvalue weighted by atomic mass is 35.5. The van der Waals surface area contributed by atoms with Crippen molar-refractivity contribution >= 4 is 22.6 Å². The summed E-state index contributed by atoms with van der Waals surface area (Å²) in [6.07, 6.45) is 2.87. The van der Waals surface area contributed by atoms with Crippen molar-refractivity contribution in [2.45, 2.75) is 25.8 Å². The molecule has 0 aromatic heterocycles. The molecule has 0 saturated carbocycles. The fourth-order valence-electron chi connectivity index (χ4n) is 3.52. The molecule has 7 heteroatoms. The molecule has 1 aromatic carbocycles. The lowest BCUT2D eigenvalue weighted by Crippen LogP contribution is -2.50. The van der Waals surface area contributed by atoms with Crippen LogP contribution < -0.4 is 5.32 Å². The molecule has 0 spiro atoms. The van der Waals surface area contributed by atoms with Crippen molar-refractivity contribution in [3.63, 3.8) is 0 Å². The van der Waals surface area contributed by atoms with E-state index in [1.807, 2.05) is 25.2 Å². The van der Waals surface area contributed by atoms with Crippen LogP contribution in [0.3, 0.4) is 0 Å². The fraction of sp³-hybridized carbons (Fsp3) is 0.625. The Morgan fingerprint density at radius 2 is 1.91 bits per heavy atom. The third-order valence-corrected chi connectivity index (χ3v) is 6.67. The summed E-state index contributed by atoms with van der Waals surface area (Å²) in [6.45, 7) is 3.27. The lowest BCUT2D eigenvalue weighted by atomic mass is 10.00. The predicted molar refractivity (Wildman–Crippen MR) is 94.9 cm³/mol. The largest absolute Gasteiger partial charge is 0.319 e. The van der Waals surface area contributed by atoms with Crippen LogP contribution in [0.15, 0.2) is 24.3 Å². The Morgan fingerprint density at radius 1 is 1.17 bits per heavy atom.